The second kappa shape index (κ2) is 4.37. The van der Waals surface area contributed by atoms with Gasteiger partial charge in [0.05, 0.1) is 0 Å². The van der Waals surface area contributed by atoms with Crippen molar-refractivity contribution >= 4 is 7.12 Å². The van der Waals surface area contributed by atoms with Crippen LogP contribution in [0.25, 0.3) is 0 Å². The van der Waals surface area contributed by atoms with Crippen molar-refractivity contribution in [2.75, 3.05) is 0 Å². The van der Waals surface area contributed by atoms with Crippen LogP contribution in [0.5, 0.6) is 0 Å². The highest BCUT2D eigenvalue weighted by Crippen LogP contribution is 2.17. The summed E-state index contributed by atoms with van der Waals surface area (Å²) in [7, 11) is -1.31. The predicted octanol–water partition coefficient (Wildman–Crippen LogP) is 1.06. The average Bonchev–Trinajstić information content (AvgIpc) is 2.03. The van der Waals surface area contributed by atoms with Gasteiger partial charge in [-0.3, -0.25) is 0 Å². The van der Waals surface area contributed by atoms with Crippen LogP contribution in [0.1, 0.15) is 25.7 Å². The molecule has 0 aliphatic heterocycles. The molecule has 0 atom stereocenters. The molecule has 0 unspecified atom stereocenters. The van der Waals surface area contributed by atoms with Crippen LogP contribution in [0.4, 0.5) is 0 Å². The lowest BCUT2D eigenvalue weighted by Crippen LogP contribution is -2.05. The van der Waals surface area contributed by atoms with Crippen LogP contribution in [0, 0.1) is 0 Å². The van der Waals surface area contributed by atoms with Crippen molar-refractivity contribution in [1.29, 1.82) is 0 Å². The zero-order valence-electron chi connectivity index (χ0n) is 6.53. The van der Waals surface area contributed by atoms with Crippen LogP contribution in [0.15, 0.2) is 23.7 Å². The lowest BCUT2D eigenvalue weighted by Gasteiger charge is -2.07. The average molecular weight is 152 g/mol. The van der Waals surface area contributed by atoms with Gasteiger partial charge < -0.3 is 10.0 Å². The molecule has 0 aromatic heterocycles. The smallest absolute Gasteiger partial charge is 0.424 e. The van der Waals surface area contributed by atoms with Gasteiger partial charge in [0.25, 0.3) is 0 Å². The summed E-state index contributed by atoms with van der Waals surface area (Å²) >= 11 is 0. The molecule has 60 valence electrons. The fourth-order valence-electron chi connectivity index (χ4n) is 1.22. The fourth-order valence-corrected chi connectivity index (χ4v) is 1.22. The highest BCUT2D eigenvalue weighted by atomic mass is 16.4. The molecule has 0 heterocycles. The molecule has 11 heavy (non-hydrogen) atoms. The molecule has 0 saturated heterocycles. The molecule has 0 spiro atoms. The van der Waals surface area contributed by atoms with Crippen molar-refractivity contribution in [2.24, 2.45) is 0 Å². The Balaban J connectivity index is 2.41. The molecule has 0 aromatic carbocycles. The quantitative estimate of drug-likeness (QED) is 0.580. The largest absolute Gasteiger partial charge is 0.480 e. The van der Waals surface area contributed by atoms with E-state index in [1.54, 1.807) is 6.08 Å². The summed E-state index contributed by atoms with van der Waals surface area (Å²) in [6, 6.07) is 0. The van der Waals surface area contributed by atoms with Gasteiger partial charge in [0.15, 0.2) is 0 Å². The molecule has 1 aliphatic rings. The summed E-state index contributed by atoms with van der Waals surface area (Å²) in [4.78, 5) is 0. The summed E-state index contributed by atoms with van der Waals surface area (Å²) in [5, 5.41) is 17.0. The van der Waals surface area contributed by atoms with Crippen molar-refractivity contribution in [3.63, 3.8) is 0 Å². The maximum Gasteiger partial charge on any atom is 0.480 e. The maximum atomic E-state index is 8.52. The van der Waals surface area contributed by atoms with E-state index in [0.717, 1.165) is 12.8 Å². The van der Waals surface area contributed by atoms with Crippen molar-refractivity contribution < 1.29 is 10.0 Å². The SMILES string of the molecule is OB(O)/C=C/C1=CCCCC1. The molecule has 0 fully saturated rings. The molecule has 0 saturated carbocycles. The Morgan fingerprint density at radius 3 is 2.73 bits per heavy atom. The molecule has 2 N–H and O–H groups in total. The third kappa shape index (κ3) is 3.39. The lowest BCUT2D eigenvalue weighted by molar-refractivity contribution is 0.424. The van der Waals surface area contributed by atoms with Gasteiger partial charge in [0.2, 0.25) is 0 Å². The van der Waals surface area contributed by atoms with Crippen molar-refractivity contribution in [2.45, 2.75) is 25.7 Å². The number of allylic oxidation sites excluding steroid dienone is 3. The summed E-state index contributed by atoms with van der Waals surface area (Å²) < 4.78 is 0. The van der Waals surface area contributed by atoms with Crippen LogP contribution in [0.3, 0.4) is 0 Å². The highest BCUT2D eigenvalue weighted by molar-refractivity contribution is 6.47. The second-order valence-electron chi connectivity index (χ2n) is 2.80. The molecular weight excluding hydrogens is 139 g/mol. The van der Waals surface area contributed by atoms with E-state index in [-0.39, 0.29) is 0 Å². The summed E-state index contributed by atoms with van der Waals surface area (Å²) in [5.74, 6) is 1.40. The van der Waals surface area contributed by atoms with E-state index < -0.39 is 7.12 Å². The normalized spacial score (nSPS) is 18.5. The number of hydrogen-bond acceptors (Lipinski definition) is 2. The molecular formula is C8H13BO2. The Bertz CT molecular complexity index is 173. The van der Waals surface area contributed by atoms with E-state index in [9.17, 15) is 0 Å². The summed E-state index contributed by atoms with van der Waals surface area (Å²) in [6.07, 6.45) is 8.63. The first kappa shape index (κ1) is 8.56. The first-order chi connectivity index (χ1) is 5.29. The first-order valence-corrected chi connectivity index (χ1v) is 4.02. The van der Waals surface area contributed by atoms with Crippen LogP contribution < -0.4 is 0 Å². The van der Waals surface area contributed by atoms with Gasteiger partial charge in [0, 0.05) is 0 Å². The van der Waals surface area contributed by atoms with Gasteiger partial charge in [-0.05, 0) is 25.7 Å². The zero-order chi connectivity index (χ0) is 8.10. The van der Waals surface area contributed by atoms with Gasteiger partial charge in [-0.15, -0.1) is 0 Å². The van der Waals surface area contributed by atoms with Crippen LogP contribution in [-0.2, 0) is 0 Å². The lowest BCUT2D eigenvalue weighted by atomic mass is 9.89. The minimum absolute atomic E-state index is 1.07. The minimum Gasteiger partial charge on any atom is -0.424 e. The van der Waals surface area contributed by atoms with E-state index in [1.807, 2.05) is 0 Å². The van der Waals surface area contributed by atoms with E-state index in [2.05, 4.69) is 6.08 Å². The van der Waals surface area contributed by atoms with Gasteiger partial charge in [-0.2, -0.15) is 0 Å². The van der Waals surface area contributed by atoms with Crippen molar-refractivity contribution in [1.82, 2.24) is 0 Å². The molecule has 2 nitrogen and oxygen atoms in total. The monoisotopic (exact) mass is 152 g/mol. The summed E-state index contributed by atoms with van der Waals surface area (Å²) in [6.45, 7) is 0. The predicted molar refractivity (Wildman–Crippen MR) is 45.9 cm³/mol. The molecule has 0 aromatic rings. The van der Waals surface area contributed by atoms with Gasteiger partial charge >= 0.3 is 7.12 Å². The Kier molecular flexibility index (Phi) is 3.40. The van der Waals surface area contributed by atoms with Crippen LogP contribution in [-0.4, -0.2) is 17.2 Å². The van der Waals surface area contributed by atoms with Crippen LogP contribution in [0.2, 0.25) is 0 Å². The van der Waals surface area contributed by atoms with E-state index in [4.69, 9.17) is 10.0 Å². The van der Waals surface area contributed by atoms with Crippen molar-refractivity contribution in [3.05, 3.63) is 23.7 Å². The molecule has 1 aliphatic carbocycles. The Labute approximate surface area is 67.4 Å². The maximum absolute atomic E-state index is 8.52. The fraction of sp³-hybridized carbons (Fsp3) is 0.500. The molecule has 1 rings (SSSR count). The minimum atomic E-state index is -1.31. The zero-order valence-corrected chi connectivity index (χ0v) is 6.53. The van der Waals surface area contributed by atoms with E-state index >= 15 is 0 Å². The first-order valence-electron chi connectivity index (χ1n) is 4.02. The highest BCUT2D eigenvalue weighted by Gasteiger charge is 2.02. The van der Waals surface area contributed by atoms with E-state index in [0.29, 0.717) is 0 Å². The Morgan fingerprint density at radius 2 is 2.18 bits per heavy atom. The third-order valence-corrected chi connectivity index (χ3v) is 1.81. The van der Waals surface area contributed by atoms with Crippen LogP contribution >= 0.6 is 0 Å². The number of rotatable bonds is 2. The molecule has 0 radical (unpaired) electrons. The standard InChI is InChI=1S/C8H13BO2/c10-9(11)7-6-8-4-2-1-3-5-8/h4,6-7,10-11H,1-3,5H2/b7-6+. The van der Waals surface area contributed by atoms with Gasteiger partial charge in [-0.25, -0.2) is 0 Å². The molecule has 3 heteroatoms. The Morgan fingerprint density at radius 1 is 1.36 bits per heavy atom. The Hall–Kier alpha value is -0.535. The van der Waals surface area contributed by atoms with Crippen molar-refractivity contribution in [3.8, 4) is 0 Å². The number of hydrogen-bond donors (Lipinski definition) is 2. The van der Waals surface area contributed by atoms with Gasteiger partial charge in [0.1, 0.15) is 0 Å². The summed E-state index contributed by atoms with van der Waals surface area (Å²) in [5.41, 5.74) is 1.23. The van der Waals surface area contributed by atoms with Gasteiger partial charge in [-0.1, -0.05) is 23.7 Å². The topological polar surface area (TPSA) is 40.5 Å². The molecule has 0 bridgehead atoms. The van der Waals surface area contributed by atoms with E-state index in [1.165, 1.54) is 24.4 Å². The third-order valence-electron chi connectivity index (χ3n) is 1.81. The second-order valence-corrected chi connectivity index (χ2v) is 2.80. The molecule has 0 amide bonds.